The summed E-state index contributed by atoms with van der Waals surface area (Å²) in [6.45, 7) is 0. The van der Waals surface area contributed by atoms with E-state index in [2.05, 4.69) is 41.4 Å². The molecule has 20 heavy (non-hydrogen) atoms. The van der Waals surface area contributed by atoms with E-state index in [1.54, 1.807) is 13.3 Å². The van der Waals surface area contributed by atoms with Crippen molar-refractivity contribution in [2.24, 2.45) is 0 Å². The Balaban J connectivity index is 2.09. The van der Waals surface area contributed by atoms with E-state index in [-0.39, 0.29) is 5.28 Å². The summed E-state index contributed by atoms with van der Waals surface area (Å²) in [5.74, 6) is 1.25. The van der Waals surface area contributed by atoms with Gasteiger partial charge in [0.25, 0.3) is 0 Å². The van der Waals surface area contributed by atoms with Gasteiger partial charge in [-0.3, -0.25) is 5.10 Å². The SMILES string of the molecule is COc1ccc(Br)cc1Nc1nc(Cl)nc2[nH]ncc12. The second kappa shape index (κ2) is 5.26. The fraction of sp³-hybridized carbons (Fsp3) is 0.0833. The molecule has 3 rings (SSSR count). The minimum atomic E-state index is 0.137. The van der Waals surface area contributed by atoms with Crippen LogP contribution >= 0.6 is 27.5 Å². The minimum absolute atomic E-state index is 0.137. The normalized spacial score (nSPS) is 10.8. The van der Waals surface area contributed by atoms with Crippen LogP contribution in [0.2, 0.25) is 5.28 Å². The molecule has 0 spiro atoms. The van der Waals surface area contributed by atoms with Gasteiger partial charge in [0.1, 0.15) is 11.6 Å². The maximum Gasteiger partial charge on any atom is 0.226 e. The fourth-order valence-corrected chi connectivity index (χ4v) is 2.34. The highest BCUT2D eigenvalue weighted by molar-refractivity contribution is 9.10. The van der Waals surface area contributed by atoms with Gasteiger partial charge in [-0.15, -0.1) is 0 Å². The number of methoxy groups -OCH3 is 1. The van der Waals surface area contributed by atoms with Crippen molar-refractivity contribution in [3.8, 4) is 5.75 Å². The van der Waals surface area contributed by atoms with Crippen molar-refractivity contribution < 1.29 is 4.74 Å². The summed E-state index contributed by atoms with van der Waals surface area (Å²) >= 11 is 9.32. The molecule has 0 radical (unpaired) electrons. The second-order valence-corrected chi connectivity index (χ2v) is 5.20. The zero-order valence-corrected chi connectivity index (χ0v) is 12.7. The Bertz CT molecular complexity index is 776. The predicted octanol–water partition coefficient (Wildman–Crippen LogP) is 3.52. The third kappa shape index (κ3) is 2.41. The number of halogens is 2. The molecular weight excluding hydrogens is 346 g/mol. The first-order chi connectivity index (χ1) is 9.67. The Morgan fingerprint density at radius 3 is 3.00 bits per heavy atom. The van der Waals surface area contributed by atoms with Crippen LogP contribution in [-0.2, 0) is 0 Å². The maximum atomic E-state index is 5.90. The topological polar surface area (TPSA) is 75.7 Å². The molecule has 0 aliphatic carbocycles. The summed E-state index contributed by atoms with van der Waals surface area (Å²) < 4.78 is 6.23. The van der Waals surface area contributed by atoms with Gasteiger partial charge in [0.2, 0.25) is 5.28 Å². The molecule has 0 unspecified atom stereocenters. The van der Waals surface area contributed by atoms with Crippen LogP contribution in [0.4, 0.5) is 11.5 Å². The van der Waals surface area contributed by atoms with Crippen molar-refractivity contribution in [3.05, 3.63) is 34.2 Å². The van der Waals surface area contributed by atoms with Gasteiger partial charge in [-0.05, 0) is 29.8 Å². The Morgan fingerprint density at radius 2 is 2.20 bits per heavy atom. The molecule has 0 amide bonds. The lowest BCUT2D eigenvalue weighted by Crippen LogP contribution is -1.98. The number of H-pyrrole nitrogens is 1. The molecule has 6 nitrogen and oxygen atoms in total. The molecule has 0 atom stereocenters. The maximum absolute atomic E-state index is 5.90. The minimum Gasteiger partial charge on any atom is -0.495 e. The number of benzene rings is 1. The summed E-state index contributed by atoms with van der Waals surface area (Å²) in [5, 5.41) is 10.8. The molecular formula is C12H9BrClN5O. The van der Waals surface area contributed by atoms with Gasteiger partial charge < -0.3 is 10.1 Å². The largest absolute Gasteiger partial charge is 0.495 e. The van der Waals surface area contributed by atoms with Crippen LogP contribution in [0.25, 0.3) is 11.0 Å². The molecule has 1 aromatic carbocycles. The molecule has 0 saturated heterocycles. The number of nitrogens with zero attached hydrogens (tertiary/aromatic N) is 3. The molecule has 8 heteroatoms. The van der Waals surface area contributed by atoms with Crippen molar-refractivity contribution >= 4 is 50.1 Å². The fourth-order valence-electron chi connectivity index (χ4n) is 1.81. The number of hydrogen-bond donors (Lipinski definition) is 2. The molecule has 2 N–H and O–H groups in total. The summed E-state index contributed by atoms with van der Waals surface area (Å²) in [5.41, 5.74) is 1.33. The van der Waals surface area contributed by atoms with Crippen LogP contribution in [-0.4, -0.2) is 27.3 Å². The smallest absolute Gasteiger partial charge is 0.226 e. The van der Waals surface area contributed by atoms with Crippen LogP contribution in [0.5, 0.6) is 5.75 Å². The zero-order valence-electron chi connectivity index (χ0n) is 10.3. The van der Waals surface area contributed by atoms with Gasteiger partial charge in [-0.2, -0.15) is 15.1 Å². The monoisotopic (exact) mass is 353 g/mol. The first-order valence-corrected chi connectivity index (χ1v) is 6.81. The van der Waals surface area contributed by atoms with E-state index < -0.39 is 0 Å². The summed E-state index contributed by atoms with van der Waals surface area (Å²) in [6, 6.07) is 5.63. The second-order valence-electron chi connectivity index (χ2n) is 3.94. The Morgan fingerprint density at radius 1 is 1.35 bits per heavy atom. The van der Waals surface area contributed by atoms with E-state index in [0.29, 0.717) is 17.2 Å². The number of fused-ring (bicyclic) bond motifs is 1. The van der Waals surface area contributed by atoms with Crippen molar-refractivity contribution in [1.29, 1.82) is 0 Å². The predicted molar refractivity (Wildman–Crippen MR) is 80.7 cm³/mol. The molecule has 102 valence electrons. The van der Waals surface area contributed by atoms with Gasteiger partial charge in [0, 0.05) is 4.47 Å². The standard InChI is InChI=1S/C12H9BrClN5O/c1-20-9-3-2-6(13)4-8(9)16-10-7-5-15-19-11(7)18-12(14)17-10/h2-5H,1H3,(H2,15,16,17,18,19). The van der Waals surface area contributed by atoms with Gasteiger partial charge in [-0.25, -0.2) is 0 Å². The number of aromatic nitrogens is 4. The molecule has 0 aliphatic rings. The van der Waals surface area contributed by atoms with Crippen molar-refractivity contribution in [2.45, 2.75) is 0 Å². The first-order valence-electron chi connectivity index (χ1n) is 5.64. The van der Waals surface area contributed by atoms with Crippen LogP contribution in [0.1, 0.15) is 0 Å². The highest BCUT2D eigenvalue weighted by atomic mass is 79.9. The molecule has 3 aromatic rings. The van der Waals surface area contributed by atoms with Crippen LogP contribution in [0.3, 0.4) is 0 Å². The van der Waals surface area contributed by atoms with Gasteiger partial charge in [0.05, 0.1) is 24.4 Å². The highest BCUT2D eigenvalue weighted by Gasteiger charge is 2.11. The number of aromatic amines is 1. The summed E-state index contributed by atoms with van der Waals surface area (Å²) in [6.07, 6.45) is 1.64. The average molecular weight is 355 g/mol. The summed E-state index contributed by atoms with van der Waals surface area (Å²) in [7, 11) is 1.61. The molecule has 2 heterocycles. The lowest BCUT2D eigenvalue weighted by atomic mass is 10.3. The van der Waals surface area contributed by atoms with Gasteiger partial charge in [0.15, 0.2) is 5.65 Å². The number of rotatable bonds is 3. The number of anilines is 2. The van der Waals surface area contributed by atoms with Crippen LogP contribution in [0.15, 0.2) is 28.9 Å². The molecule has 0 fully saturated rings. The van der Waals surface area contributed by atoms with Crippen molar-refractivity contribution in [2.75, 3.05) is 12.4 Å². The van der Waals surface area contributed by atoms with E-state index in [1.807, 2.05) is 18.2 Å². The molecule has 2 aromatic heterocycles. The highest BCUT2D eigenvalue weighted by Crippen LogP contribution is 2.32. The first kappa shape index (κ1) is 13.1. The van der Waals surface area contributed by atoms with Crippen LogP contribution in [0, 0.1) is 0 Å². The van der Waals surface area contributed by atoms with Crippen LogP contribution < -0.4 is 10.1 Å². The number of ether oxygens (including phenoxy) is 1. The number of hydrogen-bond acceptors (Lipinski definition) is 5. The quantitative estimate of drug-likeness (QED) is 0.704. The average Bonchev–Trinajstić information content (AvgIpc) is 2.87. The number of nitrogens with one attached hydrogen (secondary N) is 2. The van der Waals surface area contributed by atoms with E-state index in [0.717, 1.165) is 15.5 Å². The van der Waals surface area contributed by atoms with Crippen molar-refractivity contribution in [3.63, 3.8) is 0 Å². The molecule has 0 saturated carbocycles. The van der Waals surface area contributed by atoms with E-state index >= 15 is 0 Å². The lowest BCUT2D eigenvalue weighted by Gasteiger charge is -2.11. The third-order valence-corrected chi connectivity index (χ3v) is 3.36. The third-order valence-electron chi connectivity index (χ3n) is 2.70. The molecule has 0 bridgehead atoms. The van der Waals surface area contributed by atoms with Gasteiger partial charge in [-0.1, -0.05) is 15.9 Å². The Kier molecular flexibility index (Phi) is 3.45. The molecule has 0 aliphatic heterocycles. The van der Waals surface area contributed by atoms with Gasteiger partial charge >= 0.3 is 0 Å². The lowest BCUT2D eigenvalue weighted by molar-refractivity contribution is 0.416. The Hall–Kier alpha value is -1.86. The zero-order chi connectivity index (χ0) is 14.1. The van der Waals surface area contributed by atoms with E-state index in [9.17, 15) is 0 Å². The Labute approximate surface area is 127 Å². The van der Waals surface area contributed by atoms with E-state index in [4.69, 9.17) is 16.3 Å². The van der Waals surface area contributed by atoms with Crippen molar-refractivity contribution in [1.82, 2.24) is 20.2 Å². The van der Waals surface area contributed by atoms with E-state index in [1.165, 1.54) is 0 Å². The summed E-state index contributed by atoms with van der Waals surface area (Å²) in [4.78, 5) is 8.24.